The topological polar surface area (TPSA) is 143 Å². The van der Waals surface area contributed by atoms with E-state index in [0.29, 0.717) is 5.57 Å². The molecule has 0 aromatic heterocycles. The maximum Gasteiger partial charge on any atom is 0.331 e. The van der Waals surface area contributed by atoms with Gasteiger partial charge in [0, 0.05) is 35.2 Å². The van der Waals surface area contributed by atoms with E-state index in [1.54, 1.807) is 34.6 Å². The Morgan fingerprint density at radius 3 is 2.56 bits per heavy atom. The van der Waals surface area contributed by atoms with Crippen LogP contribution in [0.2, 0.25) is 0 Å². The lowest BCUT2D eigenvalue weighted by Gasteiger charge is -2.69. The maximum atomic E-state index is 12.8. The minimum atomic E-state index is -2.03. The van der Waals surface area contributed by atoms with Crippen LogP contribution in [0, 0.1) is 34.5 Å². The third-order valence-electron chi connectivity index (χ3n) is 9.39. The summed E-state index contributed by atoms with van der Waals surface area (Å²) in [5, 5.41) is 45.2. The van der Waals surface area contributed by atoms with E-state index >= 15 is 0 Å². The van der Waals surface area contributed by atoms with Crippen molar-refractivity contribution in [1.29, 1.82) is 0 Å². The van der Waals surface area contributed by atoms with Crippen LogP contribution in [0.15, 0.2) is 23.3 Å². The van der Waals surface area contributed by atoms with Gasteiger partial charge >= 0.3 is 11.9 Å². The monoisotopic (exact) mass is 478 g/mol. The van der Waals surface area contributed by atoms with Gasteiger partial charge in [-0.05, 0) is 32.6 Å². The summed E-state index contributed by atoms with van der Waals surface area (Å²) in [5.74, 6) is -5.66. The Kier molecular flexibility index (Phi) is 5.19. The summed E-state index contributed by atoms with van der Waals surface area (Å²) in [6, 6.07) is 0. The average molecular weight is 479 g/mol. The van der Waals surface area contributed by atoms with Crippen LogP contribution < -0.4 is 0 Å². The Bertz CT molecular complexity index is 985. The van der Waals surface area contributed by atoms with Crippen molar-refractivity contribution in [3.8, 4) is 0 Å². The molecule has 9 nitrogen and oxygen atoms in total. The summed E-state index contributed by atoms with van der Waals surface area (Å²) in [5.41, 5.74) is -0.920. The Labute approximate surface area is 198 Å². The lowest BCUT2D eigenvalue weighted by Crippen LogP contribution is -2.79. The molecule has 2 bridgehead atoms. The molecule has 1 spiro atoms. The van der Waals surface area contributed by atoms with Crippen LogP contribution in [0.4, 0.5) is 0 Å². The minimum Gasteiger partial charge on any atom is -0.458 e. The first-order valence-electron chi connectivity index (χ1n) is 11.9. The van der Waals surface area contributed by atoms with Crippen LogP contribution in [0.3, 0.4) is 0 Å². The Morgan fingerprint density at radius 1 is 1.24 bits per heavy atom. The Balaban J connectivity index is 1.77. The molecule has 0 unspecified atom stereocenters. The summed E-state index contributed by atoms with van der Waals surface area (Å²) >= 11 is 0. The van der Waals surface area contributed by atoms with Gasteiger partial charge in [-0.15, -0.1) is 0 Å². The minimum absolute atomic E-state index is 0.00746. The molecule has 2 saturated carbocycles. The van der Waals surface area contributed by atoms with Crippen molar-refractivity contribution in [3.05, 3.63) is 23.3 Å². The first kappa shape index (κ1) is 23.9. The fourth-order valence-corrected chi connectivity index (χ4v) is 8.34. The van der Waals surface area contributed by atoms with Crippen LogP contribution in [0.5, 0.6) is 0 Å². The van der Waals surface area contributed by atoms with E-state index in [2.05, 4.69) is 0 Å². The number of carbonyl (C=O) groups is 2. The predicted octanol–water partition coefficient (Wildman–Crippen LogP) is 0.446. The number of aliphatic hydroxyl groups is 4. The number of hydrogen-bond acceptors (Lipinski definition) is 9. The normalized spacial score (nSPS) is 53.1. The van der Waals surface area contributed by atoms with E-state index in [4.69, 9.17) is 14.2 Å². The molecule has 2 saturated heterocycles. The summed E-state index contributed by atoms with van der Waals surface area (Å²) in [7, 11) is 0. The van der Waals surface area contributed by atoms with Crippen molar-refractivity contribution in [2.45, 2.75) is 77.3 Å². The highest BCUT2D eigenvalue weighted by molar-refractivity contribution is 5.83. The van der Waals surface area contributed by atoms with Gasteiger partial charge < -0.3 is 34.6 Å². The van der Waals surface area contributed by atoms with Crippen LogP contribution in [0.1, 0.15) is 41.0 Å². The van der Waals surface area contributed by atoms with Gasteiger partial charge in [0.2, 0.25) is 0 Å². The number of ether oxygens (including phenoxy) is 3. The number of carbonyl (C=O) groups excluding carboxylic acids is 2. The predicted molar refractivity (Wildman–Crippen MR) is 117 cm³/mol. The number of allylic oxidation sites excluding steroid dienone is 1. The van der Waals surface area contributed by atoms with Crippen LogP contribution in [0.25, 0.3) is 0 Å². The zero-order chi connectivity index (χ0) is 25.0. The van der Waals surface area contributed by atoms with Gasteiger partial charge in [0.1, 0.15) is 18.3 Å². The first-order valence-corrected chi connectivity index (χ1v) is 11.9. The SMILES string of the molecule is CC(C)=CC(=O)O[C@H]1[C@H]2C(C)=C[C@H](O)[C@H](O)[C@]2(C)[C@H]2[C@@]3(O)OC[C@]24[C@H](CC(=O)O[C@@H]14)[C@@H](C)[C@H]3O. The van der Waals surface area contributed by atoms with Gasteiger partial charge in [-0.1, -0.05) is 31.1 Å². The highest BCUT2D eigenvalue weighted by Crippen LogP contribution is 2.74. The van der Waals surface area contributed by atoms with E-state index in [1.165, 1.54) is 12.2 Å². The molecule has 34 heavy (non-hydrogen) atoms. The van der Waals surface area contributed by atoms with Crippen molar-refractivity contribution in [1.82, 2.24) is 0 Å². The summed E-state index contributed by atoms with van der Waals surface area (Å²) in [4.78, 5) is 25.7. The number of rotatable bonds is 2. The van der Waals surface area contributed by atoms with E-state index in [1.807, 2.05) is 0 Å². The molecule has 3 aliphatic carbocycles. The largest absolute Gasteiger partial charge is 0.458 e. The zero-order valence-corrected chi connectivity index (χ0v) is 20.1. The second-order valence-electron chi connectivity index (χ2n) is 11.4. The molecular weight excluding hydrogens is 444 g/mol. The fraction of sp³-hybridized carbons (Fsp3) is 0.760. The molecule has 4 N–H and O–H groups in total. The van der Waals surface area contributed by atoms with Crippen molar-refractivity contribution in [2.24, 2.45) is 34.5 Å². The fourth-order valence-electron chi connectivity index (χ4n) is 8.34. The standard InChI is InChI=1S/C25H34O9/c1-10(2)6-15(27)33-18-17-11(3)7-14(26)20(30)23(17,5)22-24-9-32-25(22,31)19(29)12(4)13(24)8-16(28)34-21(18)24/h6-7,12-14,17-22,26,29-31H,8-9H2,1-5H3/t12-,13-,14+,17-,18+,19-,20+,21+,22-,23-,24-,25+/m1/s1. The highest BCUT2D eigenvalue weighted by atomic mass is 16.7. The van der Waals surface area contributed by atoms with Crippen molar-refractivity contribution in [2.75, 3.05) is 6.61 Å². The quantitative estimate of drug-likeness (QED) is 0.253. The van der Waals surface area contributed by atoms with Gasteiger partial charge in [0.05, 0.1) is 18.8 Å². The molecule has 12 atom stereocenters. The number of hydrogen-bond donors (Lipinski definition) is 4. The molecule has 0 aromatic carbocycles. The number of esters is 2. The third kappa shape index (κ3) is 2.73. The summed E-state index contributed by atoms with van der Waals surface area (Å²) < 4.78 is 17.9. The smallest absolute Gasteiger partial charge is 0.331 e. The van der Waals surface area contributed by atoms with Gasteiger partial charge in [-0.2, -0.15) is 0 Å². The molecule has 5 aliphatic rings. The van der Waals surface area contributed by atoms with E-state index in [-0.39, 0.29) is 13.0 Å². The van der Waals surface area contributed by atoms with Crippen LogP contribution in [-0.4, -0.2) is 75.3 Å². The van der Waals surface area contributed by atoms with E-state index < -0.39 is 82.7 Å². The van der Waals surface area contributed by atoms with Crippen LogP contribution >= 0.6 is 0 Å². The van der Waals surface area contributed by atoms with Gasteiger partial charge in [-0.25, -0.2) is 4.79 Å². The average Bonchev–Trinajstić information content (AvgIpc) is 3.02. The lowest BCUT2D eigenvalue weighted by molar-refractivity contribution is -0.350. The number of aliphatic hydroxyl groups excluding tert-OH is 3. The molecular formula is C25H34O9. The van der Waals surface area contributed by atoms with Crippen molar-refractivity contribution >= 4 is 11.9 Å². The molecule has 0 radical (unpaired) electrons. The lowest BCUT2D eigenvalue weighted by atomic mass is 9.37. The Hall–Kier alpha value is -1.78. The molecule has 2 heterocycles. The molecule has 9 heteroatoms. The molecule has 0 amide bonds. The summed E-state index contributed by atoms with van der Waals surface area (Å²) in [6.45, 7) is 8.75. The maximum absolute atomic E-state index is 12.8. The molecule has 5 rings (SSSR count). The second kappa shape index (κ2) is 7.36. The third-order valence-corrected chi connectivity index (χ3v) is 9.39. The first-order chi connectivity index (χ1) is 15.8. The second-order valence-corrected chi connectivity index (χ2v) is 11.4. The Morgan fingerprint density at radius 2 is 1.91 bits per heavy atom. The van der Waals surface area contributed by atoms with Gasteiger partial charge in [0.25, 0.3) is 0 Å². The van der Waals surface area contributed by atoms with Gasteiger partial charge in [-0.3, -0.25) is 4.79 Å². The van der Waals surface area contributed by atoms with E-state index in [0.717, 1.165) is 5.57 Å². The van der Waals surface area contributed by atoms with Crippen molar-refractivity contribution < 1.29 is 44.2 Å². The zero-order valence-electron chi connectivity index (χ0n) is 20.1. The molecule has 0 aromatic rings. The van der Waals surface area contributed by atoms with Crippen LogP contribution in [-0.2, 0) is 23.8 Å². The van der Waals surface area contributed by atoms with Crippen molar-refractivity contribution in [3.63, 3.8) is 0 Å². The highest BCUT2D eigenvalue weighted by Gasteiger charge is 2.84. The molecule has 188 valence electrons. The number of fused-ring (bicyclic) bond motifs is 1. The molecule has 4 fully saturated rings. The van der Waals surface area contributed by atoms with E-state index in [9.17, 15) is 30.0 Å². The van der Waals surface area contributed by atoms with Gasteiger partial charge in [0.15, 0.2) is 5.79 Å². The summed E-state index contributed by atoms with van der Waals surface area (Å²) in [6.07, 6.45) is -2.96. The molecule has 2 aliphatic heterocycles.